The molecule has 2 amide bonds. The number of nitrogens with one attached hydrogen (secondary N) is 2. The molecular formula is C17H20F2N2O6. The van der Waals surface area contributed by atoms with E-state index in [2.05, 4.69) is 21.9 Å². The minimum absolute atomic E-state index is 0.0256. The number of methoxy groups -OCH3 is 2. The third-order valence-corrected chi connectivity index (χ3v) is 3.82. The molecule has 1 aromatic rings. The monoisotopic (exact) mass is 386 g/mol. The van der Waals surface area contributed by atoms with Gasteiger partial charge in [0.05, 0.1) is 19.8 Å². The summed E-state index contributed by atoms with van der Waals surface area (Å²) in [6.45, 7) is 0.933. The quantitative estimate of drug-likeness (QED) is 0.524. The molecule has 0 spiro atoms. The average molecular weight is 386 g/mol. The van der Waals surface area contributed by atoms with Crippen LogP contribution in [0.15, 0.2) is 30.5 Å². The maximum absolute atomic E-state index is 12.5. The van der Waals surface area contributed by atoms with E-state index in [1.807, 2.05) is 0 Å². The van der Waals surface area contributed by atoms with Gasteiger partial charge >= 0.3 is 18.6 Å². The van der Waals surface area contributed by atoms with Gasteiger partial charge in [-0.2, -0.15) is 8.78 Å². The Hall–Kier alpha value is -2.88. The van der Waals surface area contributed by atoms with Crippen LogP contribution < -0.4 is 20.1 Å². The second kappa shape index (κ2) is 9.17. The molecule has 8 nitrogen and oxygen atoms in total. The first kappa shape index (κ1) is 20.4. The first-order valence-corrected chi connectivity index (χ1v) is 7.92. The number of halogens is 2. The van der Waals surface area contributed by atoms with Gasteiger partial charge < -0.3 is 29.6 Å². The predicted octanol–water partition coefficient (Wildman–Crippen LogP) is 1.97. The molecule has 0 saturated carbocycles. The number of carbonyl (C=O) groups excluding carboxylic acids is 2. The molecule has 1 aliphatic heterocycles. The standard InChI is InChI=1S/C17H20F2N2O6/c1-9-13(15(22)26-7-6-24-2)14(21-17(23)20-9)10-4-5-11(27-16(18)19)12(8-10)25-3/h4-5,8,13-14,16H,1,6-7H2,2-3H3,(H2,20,21,23)/t13-,14-/m1/s1. The molecule has 10 heteroatoms. The van der Waals surface area contributed by atoms with E-state index in [4.69, 9.17) is 14.2 Å². The van der Waals surface area contributed by atoms with Crippen LogP contribution in [0.1, 0.15) is 11.6 Å². The van der Waals surface area contributed by atoms with Gasteiger partial charge in [0.15, 0.2) is 11.5 Å². The van der Waals surface area contributed by atoms with Crippen LogP contribution in [0, 0.1) is 5.92 Å². The summed E-state index contributed by atoms with van der Waals surface area (Å²) in [6, 6.07) is 2.72. The highest BCUT2D eigenvalue weighted by Gasteiger charge is 2.39. The number of rotatable bonds is 8. The summed E-state index contributed by atoms with van der Waals surface area (Å²) < 4.78 is 44.4. The Morgan fingerprint density at radius 3 is 2.63 bits per heavy atom. The van der Waals surface area contributed by atoms with Crippen LogP contribution in [-0.2, 0) is 14.3 Å². The number of amides is 2. The zero-order chi connectivity index (χ0) is 20.0. The van der Waals surface area contributed by atoms with E-state index >= 15 is 0 Å². The summed E-state index contributed by atoms with van der Waals surface area (Å²) in [7, 11) is 2.75. The summed E-state index contributed by atoms with van der Waals surface area (Å²) in [6.07, 6.45) is 0. The summed E-state index contributed by atoms with van der Waals surface area (Å²) in [5, 5.41) is 5.04. The number of urea groups is 1. The van der Waals surface area contributed by atoms with E-state index in [1.54, 1.807) is 0 Å². The van der Waals surface area contributed by atoms with Gasteiger partial charge in [0.25, 0.3) is 0 Å². The smallest absolute Gasteiger partial charge is 0.387 e. The number of hydrogen-bond donors (Lipinski definition) is 2. The van der Waals surface area contributed by atoms with Gasteiger partial charge in [-0.15, -0.1) is 0 Å². The van der Waals surface area contributed by atoms with Crippen molar-refractivity contribution >= 4 is 12.0 Å². The Labute approximate surface area is 154 Å². The van der Waals surface area contributed by atoms with E-state index in [-0.39, 0.29) is 30.4 Å². The lowest BCUT2D eigenvalue weighted by atomic mass is 9.89. The van der Waals surface area contributed by atoms with Crippen LogP contribution in [0.2, 0.25) is 0 Å². The predicted molar refractivity (Wildman–Crippen MR) is 89.5 cm³/mol. The lowest BCUT2D eigenvalue weighted by Crippen LogP contribution is -2.51. The molecule has 1 heterocycles. The van der Waals surface area contributed by atoms with Crippen molar-refractivity contribution in [2.75, 3.05) is 27.4 Å². The van der Waals surface area contributed by atoms with Gasteiger partial charge in [-0.25, -0.2) is 4.79 Å². The van der Waals surface area contributed by atoms with E-state index in [9.17, 15) is 18.4 Å². The average Bonchev–Trinajstić information content (AvgIpc) is 2.61. The highest BCUT2D eigenvalue weighted by molar-refractivity contribution is 5.85. The van der Waals surface area contributed by atoms with Crippen molar-refractivity contribution < 1.29 is 37.3 Å². The molecule has 0 bridgehead atoms. The van der Waals surface area contributed by atoms with Crippen molar-refractivity contribution in [1.82, 2.24) is 10.6 Å². The molecule has 2 N–H and O–H groups in total. The molecule has 1 saturated heterocycles. The van der Waals surface area contributed by atoms with E-state index in [1.165, 1.54) is 32.4 Å². The van der Waals surface area contributed by atoms with Gasteiger partial charge in [0.2, 0.25) is 0 Å². The molecule has 0 unspecified atom stereocenters. The van der Waals surface area contributed by atoms with Gasteiger partial charge in [-0.1, -0.05) is 12.6 Å². The third-order valence-electron chi connectivity index (χ3n) is 3.82. The molecule has 0 radical (unpaired) electrons. The molecule has 2 rings (SSSR count). The minimum Gasteiger partial charge on any atom is -0.493 e. The number of alkyl halides is 2. The molecule has 1 fully saturated rings. The van der Waals surface area contributed by atoms with Gasteiger partial charge in [-0.3, -0.25) is 4.79 Å². The van der Waals surface area contributed by atoms with Crippen molar-refractivity contribution in [3.05, 3.63) is 36.0 Å². The number of ether oxygens (including phenoxy) is 4. The van der Waals surface area contributed by atoms with Crippen molar-refractivity contribution in [1.29, 1.82) is 0 Å². The summed E-state index contributed by atoms with van der Waals surface area (Å²) in [5.74, 6) is -1.71. The summed E-state index contributed by atoms with van der Waals surface area (Å²) in [4.78, 5) is 24.3. The van der Waals surface area contributed by atoms with Crippen LogP contribution in [0.25, 0.3) is 0 Å². The van der Waals surface area contributed by atoms with E-state index in [0.29, 0.717) is 5.56 Å². The second-order valence-corrected chi connectivity index (χ2v) is 5.53. The Balaban J connectivity index is 2.31. The maximum atomic E-state index is 12.5. The van der Waals surface area contributed by atoms with Crippen LogP contribution >= 0.6 is 0 Å². The van der Waals surface area contributed by atoms with Crippen molar-refractivity contribution in [2.24, 2.45) is 5.92 Å². The number of hydrogen-bond acceptors (Lipinski definition) is 6. The number of esters is 1. The largest absolute Gasteiger partial charge is 0.493 e. The molecule has 1 aliphatic rings. The first-order valence-electron chi connectivity index (χ1n) is 7.92. The molecule has 1 aromatic carbocycles. The highest BCUT2D eigenvalue weighted by Crippen LogP contribution is 2.36. The lowest BCUT2D eigenvalue weighted by molar-refractivity contribution is -0.149. The maximum Gasteiger partial charge on any atom is 0.387 e. The Bertz CT molecular complexity index is 713. The first-order chi connectivity index (χ1) is 12.9. The SMILES string of the molecule is C=C1NC(=O)N[C@H](c2ccc(OC(F)F)c(OC)c2)[C@@H]1C(=O)OCCOC. The Morgan fingerprint density at radius 1 is 1.26 bits per heavy atom. The van der Waals surface area contributed by atoms with Crippen LogP contribution in [0.3, 0.4) is 0 Å². The van der Waals surface area contributed by atoms with Crippen molar-refractivity contribution in [2.45, 2.75) is 12.7 Å². The fraction of sp³-hybridized carbons (Fsp3) is 0.412. The molecule has 0 aliphatic carbocycles. The van der Waals surface area contributed by atoms with Crippen LogP contribution in [-0.4, -0.2) is 46.0 Å². The lowest BCUT2D eigenvalue weighted by Gasteiger charge is -2.33. The van der Waals surface area contributed by atoms with E-state index in [0.717, 1.165) is 0 Å². The molecule has 0 aromatic heterocycles. The fourth-order valence-corrected chi connectivity index (χ4v) is 2.63. The zero-order valence-corrected chi connectivity index (χ0v) is 14.8. The van der Waals surface area contributed by atoms with Crippen LogP contribution in [0.5, 0.6) is 11.5 Å². The second-order valence-electron chi connectivity index (χ2n) is 5.53. The van der Waals surface area contributed by atoms with Crippen molar-refractivity contribution in [3.8, 4) is 11.5 Å². The highest BCUT2D eigenvalue weighted by atomic mass is 19.3. The minimum atomic E-state index is -3.02. The molecular weight excluding hydrogens is 366 g/mol. The van der Waals surface area contributed by atoms with Crippen LogP contribution in [0.4, 0.5) is 13.6 Å². The fourth-order valence-electron chi connectivity index (χ4n) is 2.63. The Kier molecular flexibility index (Phi) is 6.94. The molecule has 2 atom stereocenters. The summed E-state index contributed by atoms with van der Waals surface area (Å²) in [5.41, 5.74) is 0.580. The van der Waals surface area contributed by atoms with Gasteiger partial charge in [-0.05, 0) is 17.7 Å². The third kappa shape index (κ3) is 5.07. The van der Waals surface area contributed by atoms with Crippen molar-refractivity contribution in [3.63, 3.8) is 0 Å². The number of benzene rings is 1. The molecule has 148 valence electrons. The Morgan fingerprint density at radius 2 is 2.00 bits per heavy atom. The van der Waals surface area contributed by atoms with Gasteiger partial charge in [0, 0.05) is 12.8 Å². The normalized spacial score (nSPS) is 19.3. The zero-order valence-electron chi connectivity index (χ0n) is 14.8. The number of carbonyl (C=O) groups is 2. The summed E-state index contributed by atoms with van der Waals surface area (Å²) >= 11 is 0. The van der Waals surface area contributed by atoms with E-state index < -0.39 is 30.6 Å². The molecule has 27 heavy (non-hydrogen) atoms. The van der Waals surface area contributed by atoms with Gasteiger partial charge in [0.1, 0.15) is 12.5 Å². The topological polar surface area (TPSA) is 95.1 Å².